The molecule has 0 spiro atoms. The topological polar surface area (TPSA) is 54.3 Å². The second-order valence-corrected chi connectivity index (χ2v) is 5.02. The van der Waals surface area contributed by atoms with E-state index in [4.69, 9.17) is 0 Å². The van der Waals surface area contributed by atoms with Crippen LogP contribution in [0, 0.1) is 5.92 Å². The molecule has 2 rings (SSSR count). The van der Waals surface area contributed by atoms with Crippen molar-refractivity contribution in [2.24, 2.45) is 5.92 Å². The Morgan fingerprint density at radius 3 is 2.94 bits per heavy atom. The summed E-state index contributed by atoms with van der Waals surface area (Å²) >= 11 is 0. The van der Waals surface area contributed by atoms with Gasteiger partial charge in [-0.3, -0.25) is 4.79 Å². The zero-order valence-corrected chi connectivity index (χ0v) is 10.7. The maximum absolute atomic E-state index is 11.5. The van der Waals surface area contributed by atoms with E-state index in [0.29, 0.717) is 18.5 Å². The van der Waals surface area contributed by atoms with Crippen LogP contribution in [-0.2, 0) is 6.54 Å². The van der Waals surface area contributed by atoms with E-state index in [-0.39, 0.29) is 12.2 Å². The van der Waals surface area contributed by atoms with Crippen molar-refractivity contribution in [3.63, 3.8) is 0 Å². The monoisotopic (exact) mass is 250 g/mol. The van der Waals surface area contributed by atoms with E-state index in [1.54, 1.807) is 16.7 Å². The van der Waals surface area contributed by atoms with Crippen LogP contribution in [0.2, 0.25) is 0 Å². The number of aliphatic hydroxyl groups is 1. The molecular formula is C14H22N2O2. The first-order valence-electron chi connectivity index (χ1n) is 6.81. The van der Waals surface area contributed by atoms with Crippen LogP contribution in [-0.4, -0.2) is 28.9 Å². The highest BCUT2D eigenvalue weighted by atomic mass is 16.3. The third-order valence-electron chi connectivity index (χ3n) is 3.80. The first kappa shape index (κ1) is 13.3. The van der Waals surface area contributed by atoms with Gasteiger partial charge in [-0.1, -0.05) is 18.9 Å². The Labute approximate surface area is 108 Å². The lowest BCUT2D eigenvalue weighted by atomic mass is 9.85. The van der Waals surface area contributed by atoms with Gasteiger partial charge in [0.25, 0.3) is 5.56 Å². The lowest BCUT2D eigenvalue weighted by molar-refractivity contribution is 0.152. The molecule has 4 nitrogen and oxygen atoms in total. The summed E-state index contributed by atoms with van der Waals surface area (Å²) in [6, 6.07) is 5.62. The molecule has 0 bridgehead atoms. The first-order chi connectivity index (χ1) is 8.81. The van der Waals surface area contributed by atoms with E-state index in [2.05, 4.69) is 5.32 Å². The molecule has 18 heavy (non-hydrogen) atoms. The number of rotatable bonds is 5. The number of aromatic nitrogens is 1. The highest BCUT2D eigenvalue weighted by molar-refractivity contribution is 4.93. The van der Waals surface area contributed by atoms with E-state index in [0.717, 1.165) is 19.4 Å². The zero-order valence-electron chi connectivity index (χ0n) is 10.7. The molecule has 2 N–H and O–H groups in total. The summed E-state index contributed by atoms with van der Waals surface area (Å²) in [5, 5.41) is 12.8. The summed E-state index contributed by atoms with van der Waals surface area (Å²) < 4.78 is 1.71. The average molecular weight is 250 g/mol. The largest absolute Gasteiger partial charge is 0.396 e. The Hall–Kier alpha value is -1.13. The minimum Gasteiger partial charge on any atom is -0.396 e. The predicted molar refractivity (Wildman–Crippen MR) is 71.5 cm³/mol. The molecule has 0 aliphatic heterocycles. The van der Waals surface area contributed by atoms with Crippen LogP contribution in [0.25, 0.3) is 0 Å². The number of aliphatic hydroxyl groups excluding tert-OH is 1. The second kappa shape index (κ2) is 6.71. The summed E-state index contributed by atoms with van der Waals surface area (Å²) in [5.74, 6) is 0.381. The molecule has 2 atom stereocenters. The smallest absolute Gasteiger partial charge is 0.250 e. The molecule has 0 saturated heterocycles. The molecule has 1 saturated carbocycles. The molecular weight excluding hydrogens is 228 g/mol. The fourth-order valence-corrected chi connectivity index (χ4v) is 2.71. The molecule has 1 aromatic heterocycles. The maximum Gasteiger partial charge on any atom is 0.250 e. The van der Waals surface area contributed by atoms with Gasteiger partial charge in [-0.05, 0) is 24.8 Å². The lowest BCUT2D eigenvalue weighted by Gasteiger charge is -2.31. The average Bonchev–Trinajstić information content (AvgIpc) is 2.41. The van der Waals surface area contributed by atoms with Crippen molar-refractivity contribution < 1.29 is 5.11 Å². The Kier molecular flexibility index (Phi) is 4.96. The first-order valence-corrected chi connectivity index (χ1v) is 6.81. The van der Waals surface area contributed by atoms with Crippen molar-refractivity contribution in [3.05, 3.63) is 34.7 Å². The van der Waals surface area contributed by atoms with Crippen molar-refractivity contribution in [2.45, 2.75) is 38.3 Å². The van der Waals surface area contributed by atoms with E-state index in [1.807, 2.05) is 12.3 Å². The molecule has 1 aromatic rings. The summed E-state index contributed by atoms with van der Waals surface area (Å²) in [4.78, 5) is 11.5. The molecule has 2 unspecified atom stereocenters. The Bertz CT molecular complexity index is 416. The number of nitrogens with zero attached hydrogens (tertiary/aromatic N) is 1. The summed E-state index contributed by atoms with van der Waals surface area (Å²) in [7, 11) is 0. The quantitative estimate of drug-likeness (QED) is 0.819. The molecule has 0 amide bonds. The molecule has 1 heterocycles. The third-order valence-corrected chi connectivity index (χ3v) is 3.80. The number of hydrogen-bond donors (Lipinski definition) is 2. The zero-order chi connectivity index (χ0) is 12.8. The van der Waals surface area contributed by atoms with Crippen LogP contribution in [0.1, 0.15) is 25.7 Å². The van der Waals surface area contributed by atoms with Crippen LogP contribution in [0.3, 0.4) is 0 Å². The summed E-state index contributed by atoms with van der Waals surface area (Å²) in [5.41, 5.74) is 0.0432. The molecule has 0 radical (unpaired) electrons. The van der Waals surface area contributed by atoms with Gasteiger partial charge in [0.15, 0.2) is 0 Å². The van der Waals surface area contributed by atoms with Crippen molar-refractivity contribution >= 4 is 0 Å². The van der Waals surface area contributed by atoms with Crippen molar-refractivity contribution in [2.75, 3.05) is 13.2 Å². The molecule has 1 aliphatic rings. The van der Waals surface area contributed by atoms with Crippen molar-refractivity contribution in [1.29, 1.82) is 0 Å². The van der Waals surface area contributed by atoms with Gasteiger partial charge in [-0.15, -0.1) is 0 Å². The van der Waals surface area contributed by atoms with Gasteiger partial charge in [-0.25, -0.2) is 0 Å². The Balaban J connectivity index is 1.81. The molecule has 0 aromatic carbocycles. The van der Waals surface area contributed by atoms with E-state index in [9.17, 15) is 9.90 Å². The van der Waals surface area contributed by atoms with E-state index in [1.165, 1.54) is 12.8 Å². The highest BCUT2D eigenvalue weighted by Gasteiger charge is 2.23. The molecule has 1 fully saturated rings. The minimum atomic E-state index is 0.0432. The van der Waals surface area contributed by atoms with Gasteiger partial charge < -0.3 is 15.0 Å². The van der Waals surface area contributed by atoms with Gasteiger partial charge in [0, 0.05) is 38.0 Å². The summed E-state index contributed by atoms with van der Waals surface area (Å²) in [6.45, 7) is 1.74. The van der Waals surface area contributed by atoms with Crippen LogP contribution in [0.4, 0.5) is 0 Å². The van der Waals surface area contributed by atoms with Gasteiger partial charge in [-0.2, -0.15) is 0 Å². The van der Waals surface area contributed by atoms with E-state index < -0.39 is 0 Å². The van der Waals surface area contributed by atoms with Gasteiger partial charge in [0.05, 0.1) is 0 Å². The van der Waals surface area contributed by atoms with Gasteiger partial charge >= 0.3 is 0 Å². The van der Waals surface area contributed by atoms with Crippen LogP contribution in [0.15, 0.2) is 29.2 Å². The fourth-order valence-electron chi connectivity index (χ4n) is 2.71. The fraction of sp³-hybridized carbons (Fsp3) is 0.643. The Morgan fingerprint density at radius 2 is 2.17 bits per heavy atom. The van der Waals surface area contributed by atoms with Crippen molar-refractivity contribution in [1.82, 2.24) is 9.88 Å². The highest BCUT2D eigenvalue weighted by Crippen LogP contribution is 2.23. The number of nitrogens with one attached hydrogen (secondary N) is 1. The lowest BCUT2D eigenvalue weighted by Crippen LogP contribution is -2.42. The van der Waals surface area contributed by atoms with Crippen LogP contribution < -0.4 is 10.9 Å². The van der Waals surface area contributed by atoms with Crippen LogP contribution >= 0.6 is 0 Å². The maximum atomic E-state index is 11.5. The normalized spacial score (nSPS) is 24.1. The third kappa shape index (κ3) is 3.43. The number of hydrogen-bond acceptors (Lipinski definition) is 3. The van der Waals surface area contributed by atoms with E-state index >= 15 is 0 Å². The van der Waals surface area contributed by atoms with Crippen molar-refractivity contribution in [3.8, 4) is 0 Å². The standard InChI is InChI=1S/C14H22N2O2/c17-11-12-5-1-2-6-13(12)15-8-10-16-9-4-3-7-14(16)18/h3-4,7,9,12-13,15,17H,1-2,5-6,8,10-11H2. The van der Waals surface area contributed by atoms with Gasteiger partial charge in [0.1, 0.15) is 0 Å². The second-order valence-electron chi connectivity index (χ2n) is 5.02. The predicted octanol–water partition coefficient (Wildman–Crippen LogP) is 0.989. The minimum absolute atomic E-state index is 0.0432. The summed E-state index contributed by atoms with van der Waals surface area (Å²) in [6.07, 6.45) is 6.52. The Morgan fingerprint density at radius 1 is 1.33 bits per heavy atom. The molecule has 100 valence electrons. The number of pyridine rings is 1. The van der Waals surface area contributed by atoms with Gasteiger partial charge in [0.2, 0.25) is 0 Å². The SMILES string of the molecule is O=c1ccccn1CCNC1CCCCC1CO. The molecule has 1 aliphatic carbocycles. The van der Waals surface area contributed by atoms with Crippen LogP contribution in [0.5, 0.6) is 0 Å². The molecule has 4 heteroatoms.